The third-order valence-electron chi connectivity index (χ3n) is 7.37. The number of esters is 1. The van der Waals surface area contributed by atoms with Crippen molar-refractivity contribution in [1.29, 1.82) is 0 Å². The number of hydrogen-bond acceptors (Lipinski definition) is 7. The van der Waals surface area contributed by atoms with Gasteiger partial charge in [0.05, 0.1) is 17.3 Å². The normalized spacial score (nSPS) is 27.8. The standard InChI is InChI=1S/C30H41N5O4/c1-18(2)26-27(36)32-19(3)28(37)35-15-7-8-24(34-35)29(38)39-20(4)23-12-11-22-10-9-21(16-25(22)33-23)13-14-30(5,6)17-31-26/h9-14,16,18-20,24,26,31,34H,7-8,15,17H2,1-6H3,(H,32,36)/b14-13+/t19?,20-,24?,26?/m1/s1. The van der Waals surface area contributed by atoms with Crippen LogP contribution in [0.1, 0.15) is 71.7 Å². The minimum absolute atomic E-state index is 0.0173. The zero-order valence-corrected chi connectivity index (χ0v) is 23.8. The van der Waals surface area contributed by atoms with Crippen molar-refractivity contribution in [2.45, 2.75) is 78.6 Å². The number of cyclic esters (lactones) is 1. The van der Waals surface area contributed by atoms with E-state index < -0.39 is 30.2 Å². The van der Waals surface area contributed by atoms with Crippen LogP contribution in [-0.4, -0.2) is 59.0 Å². The van der Waals surface area contributed by atoms with Crippen LogP contribution in [0.4, 0.5) is 0 Å². The number of nitrogens with one attached hydrogen (secondary N) is 3. The van der Waals surface area contributed by atoms with Gasteiger partial charge in [-0.05, 0) is 55.7 Å². The number of rotatable bonds is 1. The Kier molecular flexibility index (Phi) is 8.71. The number of hydrazine groups is 1. The van der Waals surface area contributed by atoms with Gasteiger partial charge in [-0.2, -0.15) is 0 Å². The molecule has 0 aliphatic carbocycles. The fourth-order valence-electron chi connectivity index (χ4n) is 4.90. The van der Waals surface area contributed by atoms with E-state index in [9.17, 15) is 14.4 Å². The van der Waals surface area contributed by atoms with E-state index in [0.717, 1.165) is 16.5 Å². The first-order valence-electron chi connectivity index (χ1n) is 13.9. The van der Waals surface area contributed by atoms with Crippen molar-refractivity contribution in [3.63, 3.8) is 0 Å². The van der Waals surface area contributed by atoms with Crippen molar-refractivity contribution in [3.8, 4) is 0 Å². The van der Waals surface area contributed by atoms with Crippen LogP contribution in [0.3, 0.4) is 0 Å². The van der Waals surface area contributed by atoms with Crippen molar-refractivity contribution >= 4 is 34.8 Å². The Bertz CT molecular complexity index is 1260. The van der Waals surface area contributed by atoms with Crippen molar-refractivity contribution in [3.05, 3.63) is 47.7 Å². The summed E-state index contributed by atoms with van der Waals surface area (Å²) in [5, 5.41) is 8.71. The zero-order valence-electron chi connectivity index (χ0n) is 23.8. The van der Waals surface area contributed by atoms with Crippen LogP contribution in [0.15, 0.2) is 36.4 Å². The maximum absolute atomic E-state index is 13.2. The summed E-state index contributed by atoms with van der Waals surface area (Å²) in [6.07, 6.45) is 4.82. The molecule has 2 aromatic rings. The average Bonchev–Trinajstić information content (AvgIpc) is 2.90. The fraction of sp³-hybridized carbons (Fsp3) is 0.533. The van der Waals surface area contributed by atoms with Gasteiger partial charge in [-0.25, -0.2) is 10.4 Å². The largest absolute Gasteiger partial charge is 0.455 e. The summed E-state index contributed by atoms with van der Waals surface area (Å²) in [5.41, 5.74) is 5.26. The predicted molar refractivity (Wildman–Crippen MR) is 151 cm³/mol. The molecule has 1 aromatic carbocycles. The Labute approximate surface area is 230 Å². The maximum atomic E-state index is 13.2. The molecular weight excluding hydrogens is 494 g/mol. The lowest BCUT2D eigenvalue weighted by Gasteiger charge is -2.35. The van der Waals surface area contributed by atoms with E-state index in [1.54, 1.807) is 13.8 Å². The molecule has 3 unspecified atom stereocenters. The number of carbonyl (C=O) groups is 3. The Morgan fingerprint density at radius 2 is 1.85 bits per heavy atom. The highest BCUT2D eigenvalue weighted by Crippen LogP contribution is 2.24. The minimum Gasteiger partial charge on any atom is -0.455 e. The Hall–Kier alpha value is -3.30. The smallest absolute Gasteiger partial charge is 0.325 e. The quantitative estimate of drug-likeness (QED) is 0.479. The van der Waals surface area contributed by atoms with Crippen LogP contribution in [0.2, 0.25) is 0 Å². The molecule has 1 saturated heterocycles. The van der Waals surface area contributed by atoms with Crippen LogP contribution in [0.5, 0.6) is 0 Å². The summed E-state index contributed by atoms with van der Waals surface area (Å²) >= 11 is 0. The Balaban J connectivity index is 1.67. The molecule has 0 radical (unpaired) electrons. The number of aromatic nitrogens is 1. The van der Waals surface area contributed by atoms with Gasteiger partial charge in [0.1, 0.15) is 18.2 Å². The van der Waals surface area contributed by atoms with Crippen LogP contribution >= 0.6 is 0 Å². The number of carbonyl (C=O) groups excluding carboxylic acids is 3. The molecular formula is C30H41N5O4. The number of hydrogen-bond donors (Lipinski definition) is 3. The second-order valence-corrected chi connectivity index (χ2v) is 11.7. The highest BCUT2D eigenvalue weighted by molar-refractivity contribution is 5.90. The molecule has 2 aliphatic rings. The van der Waals surface area contributed by atoms with Crippen molar-refractivity contribution in [2.75, 3.05) is 13.1 Å². The molecule has 210 valence electrons. The first-order chi connectivity index (χ1) is 18.4. The summed E-state index contributed by atoms with van der Waals surface area (Å²) in [6, 6.07) is 8.07. The van der Waals surface area contributed by atoms with Crippen molar-refractivity contribution < 1.29 is 19.1 Å². The minimum atomic E-state index is -0.758. The summed E-state index contributed by atoms with van der Waals surface area (Å²) in [7, 11) is 0. The van der Waals surface area contributed by atoms with E-state index in [0.29, 0.717) is 31.6 Å². The number of amides is 2. The molecule has 3 N–H and O–H groups in total. The van der Waals surface area contributed by atoms with Crippen LogP contribution in [-0.2, 0) is 19.1 Å². The molecule has 4 rings (SSSR count). The third kappa shape index (κ3) is 7.02. The lowest BCUT2D eigenvalue weighted by atomic mass is 9.90. The molecule has 9 heteroatoms. The molecule has 2 amide bonds. The SMILES string of the molecule is CC1NC(=O)C(C(C)C)NCC(C)(C)/C=C/c2ccc3ccc(nc3c2)[C@@H](C)OC(=O)C2CCCN(N2)C1=O. The summed E-state index contributed by atoms with van der Waals surface area (Å²) in [5.74, 6) is -0.942. The van der Waals surface area contributed by atoms with Gasteiger partial charge in [0.25, 0.3) is 5.91 Å². The molecule has 0 saturated carbocycles. The molecule has 4 atom stereocenters. The number of benzene rings is 1. The molecule has 3 heterocycles. The first-order valence-corrected chi connectivity index (χ1v) is 13.9. The number of pyridine rings is 1. The lowest BCUT2D eigenvalue weighted by molar-refractivity contribution is -0.157. The number of fused-ring (bicyclic) bond motifs is 4. The monoisotopic (exact) mass is 535 g/mol. The zero-order chi connectivity index (χ0) is 28.3. The van der Waals surface area contributed by atoms with Gasteiger partial charge in [-0.3, -0.25) is 19.4 Å². The van der Waals surface area contributed by atoms with Gasteiger partial charge in [0.2, 0.25) is 5.91 Å². The lowest BCUT2D eigenvalue weighted by Crippen LogP contribution is -2.61. The molecule has 9 nitrogen and oxygen atoms in total. The van der Waals surface area contributed by atoms with Crippen molar-refractivity contribution in [1.82, 2.24) is 26.1 Å². The molecule has 0 spiro atoms. The summed E-state index contributed by atoms with van der Waals surface area (Å²) in [4.78, 5) is 44.2. The molecule has 2 aliphatic heterocycles. The highest BCUT2D eigenvalue weighted by atomic mass is 16.5. The van der Waals surface area contributed by atoms with Gasteiger partial charge in [0.15, 0.2) is 0 Å². The van der Waals surface area contributed by atoms with E-state index >= 15 is 0 Å². The summed E-state index contributed by atoms with van der Waals surface area (Å²) in [6.45, 7) is 12.7. The van der Waals surface area contributed by atoms with E-state index in [4.69, 9.17) is 9.72 Å². The average molecular weight is 536 g/mol. The van der Waals surface area contributed by atoms with E-state index in [1.165, 1.54) is 5.01 Å². The van der Waals surface area contributed by atoms with E-state index in [2.05, 4.69) is 42.1 Å². The molecule has 1 fully saturated rings. The molecule has 39 heavy (non-hydrogen) atoms. The van der Waals surface area contributed by atoms with Gasteiger partial charge < -0.3 is 15.4 Å². The maximum Gasteiger partial charge on any atom is 0.325 e. The fourth-order valence-corrected chi connectivity index (χ4v) is 4.90. The van der Waals surface area contributed by atoms with Crippen molar-refractivity contribution in [2.24, 2.45) is 11.3 Å². The van der Waals surface area contributed by atoms with Gasteiger partial charge >= 0.3 is 5.97 Å². The first kappa shape index (κ1) is 28.7. The van der Waals surface area contributed by atoms with Gasteiger partial charge in [-0.15, -0.1) is 0 Å². The van der Waals surface area contributed by atoms with Gasteiger partial charge in [-0.1, -0.05) is 58.0 Å². The van der Waals surface area contributed by atoms with Gasteiger partial charge in [0, 0.05) is 18.5 Å². The third-order valence-corrected chi connectivity index (χ3v) is 7.37. The van der Waals surface area contributed by atoms with Crippen LogP contribution < -0.4 is 16.1 Å². The predicted octanol–water partition coefficient (Wildman–Crippen LogP) is 3.51. The number of ether oxygens (including phenoxy) is 1. The second kappa shape index (κ2) is 11.8. The topological polar surface area (TPSA) is 113 Å². The van der Waals surface area contributed by atoms with Crippen LogP contribution in [0, 0.1) is 11.3 Å². The Morgan fingerprint density at radius 1 is 1.10 bits per heavy atom. The highest BCUT2D eigenvalue weighted by Gasteiger charge is 2.34. The number of nitrogens with zero attached hydrogens (tertiary/aromatic N) is 2. The van der Waals surface area contributed by atoms with Crippen LogP contribution in [0.25, 0.3) is 17.0 Å². The van der Waals surface area contributed by atoms with E-state index in [1.807, 2.05) is 44.2 Å². The van der Waals surface area contributed by atoms with E-state index in [-0.39, 0.29) is 23.1 Å². The second-order valence-electron chi connectivity index (χ2n) is 11.7. The molecule has 5 bridgehead atoms. The summed E-state index contributed by atoms with van der Waals surface area (Å²) < 4.78 is 5.77. The Morgan fingerprint density at radius 3 is 2.59 bits per heavy atom. The molecule has 1 aromatic heterocycles.